The summed E-state index contributed by atoms with van der Waals surface area (Å²) in [4.78, 5) is 23.7. The maximum absolute atomic E-state index is 11.9. The number of nitrogens with one attached hydrogen (secondary N) is 1. The van der Waals surface area contributed by atoms with Crippen molar-refractivity contribution in [1.29, 1.82) is 0 Å². The minimum atomic E-state index is -0.600. The number of carbonyl (C=O) groups is 2. The molecule has 0 saturated carbocycles. The number of anilines is 1. The third-order valence-electron chi connectivity index (χ3n) is 2.88. The van der Waals surface area contributed by atoms with Gasteiger partial charge in [-0.25, -0.2) is 4.79 Å². The second-order valence-corrected chi connectivity index (χ2v) is 5.61. The molecular weight excluding hydrogens is 353 g/mol. The molecule has 0 aliphatic carbocycles. The highest BCUT2D eigenvalue weighted by atomic mass is 35.5. The Morgan fingerprint density at radius 2 is 1.67 bits per heavy atom. The molecule has 0 bridgehead atoms. The highest BCUT2D eigenvalue weighted by molar-refractivity contribution is 6.35. The smallest absolute Gasteiger partial charge is 0.338 e. The highest BCUT2D eigenvalue weighted by Crippen LogP contribution is 2.22. The number of hydrogen-bond donors (Lipinski definition) is 1. The Morgan fingerprint density at radius 3 is 2.25 bits per heavy atom. The first-order valence-corrected chi connectivity index (χ1v) is 7.89. The molecule has 0 spiro atoms. The van der Waals surface area contributed by atoms with Crippen LogP contribution in [-0.2, 0) is 9.53 Å². The quantitative estimate of drug-likeness (QED) is 0.777. The average Bonchev–Trinajstić information content (AvgIpc) is 2.52. The van der Waals surface area contributed by atoms with Gasteiger partial charge < -0.3 is 14.8 Å². The van der Waals surface area contributed by atoms with Crippen LogP contribution in [0.25, 0.3) is 0 Å². The molecule has 2 rings (SSSR count). The van der Waals surface area contributed by atoms with Gasteiger partial charge in [-0.15, -0.1) is 0 Å². The minimum absolute atomic E-state index is 0.331. The van der Waals surface area contributed by atoms with Gasteiger partial charge in [0.25, 0.3) is 5.91 Å². The second-order valence-electron chi connectivity index (χ2n) is 4.74. The summed E-state index contributed by atoms with van der Waals surface area (Å²) in [6, 6.07) is 11.1. The standard InChI is InChI=1S/C17H15Cl2NO4/c1-2-23-15-5-3-11(4-6-15)17(22)24-10-16(21)20-14-8-12(18)7-13(19)9-14/h3-9H,2,10H2,1H3,(H,20,21). The van der Waals surface area contributed by atoms with E-state index < -0.39 is 18.5 Å². The fraction of sp³-hybridized carbons (Fsp3) is 0.176. The predicted molar refractivity (Wildman–Crippen MR) is 93.0 cm³/mol. The molecule has 1 N–H and O–H groups in total. The van der Waals surface area contributed by atoms with Crippen LogP contribution in [0.4, 0.5) is 5.69 Å². The number of esters is 1. The van der Waals surface area contributed by atoms with Gasteiger partial charge in [0, 0.05) is 15.7 Å². The molecule has 0 unspecified atom stereocenters. The number of carbonyl (C=O) groups excluding carboxylic acids is 2. The van der Waals surface area contributed by atoms with Gasteiger partial charge in [0.15, 0.2) is 6.61 Å². The van der Waals surface area contributed by atoms with Crippen LogP contribution in [0.3, 0.4) is 0 Å². The number of benzene rings is 2. The Kier molecular flexibility index (Phi) is 6.46. The SMILES string of the molecule is CCOc1ccc(C(=O)OCC(=O)Nc2cc(Cl)cc(Cl)c2)cc1. The molecule has 0 saturated heterocycles. The molecule has 0 aliphatic rings. The fourth-order valence-electron chi connectivity index (χ4n) is 1.89. The summed E-state index contributed by atoms with van der Waals surface area (Å²) in [5, 5.41) is 3.34. The van der Waals surface area contributed by atoms with Crippen molar-refractivity contribution in [2.24, 2.45) is 0 Å². The molecule has 0 heterocycles. The molecule has 0 aromatic heterocycles. The van der Waals surface area contributed by atoms with Crippen LogP contribution in [-0.4, -0.2) is 25.1 Å². The maximum atomic E-state index is 11.9. The van der Waals surface area contributed by atoms with Crippen LogP contribution in [0.1, 0.15) is 17.3 Å². The van der Waals surface area contributed by atoms with E-state index in [1.54, 1.807) is 42.5 Å². The molecule has 0 atom stereocenters. The average molecular weight is 368 g/mol. The zero-order valence-corrected chi connectivity index (χ0v) is 14.4. The molecule has 2 aromatic rings. The van der Waals surface area contributed by atoms with Crippen molar-refractivity contribution < 1.29 is 19.1 Å². The van der Waals surface area contributed by atoms with E-state index in [4.69, 9.17) is 32.7 Å². The molecule has 1 amide bonds. The Morgan fingerprint density at radius 1 is 1.04 bits per heavy atom. The number of ether oxygens (including phenoxy) is 2. The summed E-state index contributed by atoms with van der Waals surface area (Å²) in [5.74, 6) is -0.436. The number of halogens is 2. The van der Waals surface area contributed by atoms with Crippen molar-refractivity contribution in [2.45, 2.75) is 6.92 Å². The van der Waals surface area contributed by atoms with E-state index in [0.29, 0.717) is 33.7 Å². The van der Waals surface area contributed by atoms with E-state index in [1.165, 1.54) is 0 Å². The molecule has 0 radical (unpaired) electrons. The van der Waals surface area contributed by atoms with E-state index in [1.807, 2.05) is 6.92 Å². The molecule has 24 heavy (non-hydrogen) atoms. The lowest BCUT2D eigenvalue weighted by atomic mass is 10.2. The van der Waals surface area contributed by atoms with Crippen LogP contribution < -0.4 is 10.1 Å². The number of rotatable bonds is 6. The monoisotopic (exact) mass is 367 g/mol. The minimum Gasteiger partial charge on any atom is -0.494 e. The number of hydrogen-bond acceptors (Lipinski definition) is 4. The topological polar surface area (TPSA) is 64.6 Å². The first-order chi connectivity index (χ1) is 11.5. The van der Waals surface area contributed by atoms with Gasteiger partial charge in [-0.2, -0.15) is 0 Å². The first kappa shape index (κ1) is 18.1. The van der Waals surface area contributed by atoms with Crippen LogP contribution in [0.5, 0.6) is 5.75 Å². The Hall–Kier alpha value is -2.24. The van der Waals surface area contributed by atoms with E-state index >= 15 is 0 Å². The molecule has 5 nitrogen and oxygen atoms in total. The van der Waals surface area contributed by atoms with Gasteiger partial charge in [-0.3, -0.25) is 4.79 Å². The second kappa shape index (κ2) is 8.57. The Balaban J connectivity index is 1.87. The summed E-state index contributed by atoms with van der Waals surface area (Å²) in [6.45, 7) is 1.99. The van der Waals surface area contributed by atoms with Crippen molar-refractivity contribution >= 4 is 40.8 Å². The summed E-state index contributed by atoms with van der Waals surface area (Å²) < 4.78 is 10.3. The summed E-state index contributed by atoms with van der Waals surface area (Å²) in [5.41, 5.74) is 0.756. The lowest BCUT2D eigenvalue weighted by Crippen LogP contribution is -2.20. The van der Waals surface area contributed by atoms with Crippen molar-refractivity contribution in [2.75, 3.05) is 18.5 Å². The van der Waals surface area contributed by atoms with Crippen molar-refractivity contribution in [1.82, 2.24) is 0 Å². The molecule has 0 aliphatic heterocycles. The van der Waals surface area contributed by atoms with Gasteiger partial charge in [0.05, 0.1) is 12.2 Å². The Bertz CT molecular complexity index is 712. The molecular formula is C17H15Cl2NO4. The molecule has 7 heteroatoms. The lowest BCUT2D eigenvalue weighted by Gasteiger charge is -2.08. The zero-order valence-electron chi connectivity index (χ0n) is 12.8. The van der Waals surface area contributed by atoms with Gasteiger partial charge in [-0.1, -0.05) is 23.2 Å². The first-order valence-electron chi connectivity index (χ1n) is 7.14. The maximum Gasteiger partial charge on any atom is 0.338 e. The summed E-state index contributed by atoms with van der Waals surface area (Å²) >= 11 is 11.7. The Labute approximate surface area is 149 Å². The van der Waals surface area contributed by atoms with Crippen molar-refractivity contribution in [3.05, 3.63) is 58.1 Å². The van der Waals surface area contributed by atoms with E-state index in [2.05, 4.69) is 5.32 Å². The summed E-state index contributed by atoms with van der Waals surface area (Å²) in [6.07, 6.45) is 0. The number of amides is 1. The van der Waals surface area contributed by atoms with Crippen LogP contribution >= 0.6 is 23.2 Å². The van der Waals surface area contributed by atoms with E-state index in [-0.39, 0.29) is 0 Å². The molecule has 2 aromatic carbocycles. The van der Waals surface area contributed by atoms with Crippen LogP contribution in [0, 0.1) is 0 Å². The largest absolute Gasteiger partial charge is 0.494 e. The van der Waals surface area contributed by atoms with Gasteiger partial charge >= 0.3 is 5.97 Å². The van der Waals surface area contributed by atoms with Crippen molar-refractivity contribution in [3.8, 4) is 5.75 Å². The van der Waals surface area contributed by atoms with Gasteiger partial charge in [-0.05, 0) is 49.4 Å². The predicted octanol–water partition coefficient (Wildman–Crippen LogP) is 4.19. The van der Waals surface area contributed by atoms with E-state index in [9.17, 15) is 9.59 Å². The highest BCUT2D eigenvalue weighted by Gasteiger charge is 2.11. The van der Waals surface area contributed by atoms with E-state index in [0.717, 1.165) is 0 Å². The van der Waals surface area contributed by atoms with Gasteiger partial charge in [0.1, 0.15) is 5.75 Å². The third kappa shape index (κ3) is 5.44. The third-order valence-corrected chi connectivity index (χ3v) is 3.32. The lowest BCUT2D eigenvalue weighted by molar-refractivity contribution is -0.119. The summed E-state index contributed by atoms with van der Waals surface area (Å²) in [7, 11) is 0. The molecule has 126 valence electrons. The van der Waals surface area contributed by atoms with Crippen molar-refractivity contribution in [3.63, 3.8) is 0 Å². The normalized spacial score (nSPS) is 10.1. The molecule has 0 fully saturated rings. The zero-order chi connectivity index (χ0) is 17.5. The van der Waals surface area contributed by atoms with Crippen LogP contribution in [0.15, 0.2) is 42.5 Å². The van der Waals surface area contributed by atoms with Crippen LogP contribution in [0.2, 0.25) is 10.0 Å². The van der Waals surface area contributed by atoms with Gasteiger partial charge in [0.2, 0.25) is 0 Å². The fourth-order valence-corrected chi connectivity index (χ4v) is 2.42.